The molecule has 0 aliphatic carbocycles. The number of hydrogen-bond donors (Lipinski definition) is 6. The van der Waals surface area contributed by atoms with Crippen LogP contribution in [0.3, 0.4) is 0 Å². The van der Waals surface area contributed by atoms with Crippen molar-refractivity contribution in [2.45, 2.75) is 346 Å². The molecular weight excluding hydrogens is 991 g/mol. The first-order chi connectivity index (χ1) is 38.7. The normalized spacial score (nSPS) is 19.2. The Balaban J connectivity index is 2.61. The molecule has 79 heavy (non-hydrogen) atoms. The summed E-state index contributed by atoms with van der Waals surface area (Å²) in [5.41, 5.74) is 0. The molecule has 1 fully saturated rings. The maximum absolute atomic E-state index is 13.4. The third kappa shape index (κ3) is 43.7. The maximum Gasteiger partial charge on any atom is 0.306 e. The van der Waals surface area contributed by atoms with Crippen molar-refractivity contribution in [3.05, 3.63) is 60.8 Å². The van der Waals surface area contributed by atoms with Crippen molar-refractivity contribution >= 4 is 11.9 Å². The summed E-state index contributed by atoms with van der Waals surface area (Å²) < 4.78 is 17.6. The minimum atomic E-state index is -1.61. The Morgan fingerprint density at radius 3 is 1.33 bits per heavy atom. The average Bonchev–Trinajstić information content (AvgIpc) is 3.44. The van der Waals surface area contributed by atoms with Gasteiger partial charge in [-0.2, -0.15) is 0 Å². The third-order valence-electron chi connectivity index (χ3n) is 15.4. The quantitative estimate of drug-likeness (QED) is 0.0195. The van der Waals surface area contributed by atoms with Crippen molar-refractivity contribution in [1.29, 1.82) is 0 Å². The SMILES string of the molecule is CCCCC/C=C\C/C=C\C/C=C\C/C=C\CCCCCCCCCCC(O)C(=O)NC(COC1OC(CO)C(O)C(O)C1OC(=O)CCCCCCCCCCCCCCCCC)C(O)/C=C/CCCCCCCCCCC. The van der Waals surface area contributed by atoms with Crippen molar-refractivity contribution in [3.8, 4) is 0 Å². The van der Waals surface area contributed by atoms with E-state index in [2.05, 4.69) is 74.7 Å². The van der Waals surface area contributed by atoms with E-state index in [9.17, 15) is 35.1 Å². The molecule has 11 heteroatoms. The van der Waals surface area contributed by atoms with Gasteiger partial charge in [0.25, 0.3) is 0 Å². The summed E-state index contributed by atoms with van der Waals surface area (Å²) >= 11 is 0. The van der Waals surface area contributed by atoms with E-state index in [4.69, 9.17) is 14.2 Å². The van der Waals surface area contributed by atoms with Gasteiger partial charge in [-0.25, -0.2) is 0 Å². The number of hydrogen-bond acceptors (Lipinski definition) is 10. The fourth-order valence-corrected chi connectivity index (χ4v) is 10.2. The lowest BCUT2D eigenvalue weighted by Crippen LogP contribution is -2.61. The first-order valence-corrected chi connectivity index (χ1v) is 33.1. The van der Waals surface area contributed by atoms with Crippen LogP contribution in [0.5, 0.6) is 0 Å². The van der Waals surface area contributed by atoms with E-state index in [1.54, 1.807) is 6.08 Å². The highest BCUT2D eigenvalue weighted by Gasteiger charge is 2.47. The highest BCUT2D eigenvalue weighted by molar-refractivity contribution is 5.80. The molecule has 1 saturated heterocycles. The van der Waals surface area contributed by atoms with E-state index in [1.807, 2.05) is 6.08 Å². The Labute approximate surface area is 484 Å². The molecule has 0 bridgehead atoms. The zero-order valence-corrected chi connectivity index (χ0v) is 51.0. The topological polar surface area (TPSA) is 175 Å². The molecule has 1 heterocycles. The van der Waals surface area contributed by atoms with E-state index in [-0.39, 0.29) is 19.4 Å². The Kier molecular flexibility index (Phi) is 52.6. The largest absolute Gasteiger partial charge is 0.454 e. The monoisotopic (exact) mass is 1110 g/mol. The molecule has 6 N–H and O–H groups in total. The van der Waals surface area contributed by atoms with Crippen molar-refractivity contribution in [3.63, 3.8) is 0 Å². The van der Waals surface area contributed by atoms with Crippen LogP contribution in [0.1, 0.15) is 297 Å². The number of rotatable bonds is 56. The predicted octanol–water partition coefficient (Wildman–Crippen LogP) is 16.2. The van der Waals surface area contributed by atoms with Crippen molar-refractivity contribution in [2.75, 3.05) is 13.2 Å². The molecule has 1 rings (SSSR count). The third-order valence-corrected chi connectivity index (χ3v) is 15.4. The summed E-state index contributed by atoms with van der Waals surface area (Å²) in [4.78, 5) is 26.6. The predicted molar refractivity (Wildman–Crippen MR) is 329 cm³/mol. The van der Waals surface area contributed by atoms with Crippen molar-refractivity contribution in [2.24, 2.45) is 0 Å². The second-order valence-electron chi connectivity index (χ2n) is 22.9. The second-order valence-corrected chi connectivity index (χ2v) is 22.9. The van der Waals surface area contributed by atoms with Crippen LogP contribution in [0.4, 0.5) is 0 Å². The molecule has 460 valence electrons. The summed E-state index contributed by atoms with van der Waals surface area (Å²) in [5.74, 6) is -1.19. The molecule has 0 radical (unpaired) electrons. The summed E-state index contributed by atoms with van der Waals surface area (Å²) in [6.45, 7) is 5.77. The number of unbranched alkanes of at least 4 members (excludes halogenated alkanes) is 34. The van der Waals surface area contributed by atoms with Crippen LogP contribution < -0.4 is 5.32 Å². The van der Waals surface area contributed by atoms with Gasteiger partial charge in [-0.1, -0.05) is 281 Å². The number of esters is 1. The number of ether oxygens (including phenoxy) is 3. The van der Waals surface area contributed by atoms with E-state index in [0.29, 0.717) is 12.8 Å². The van der Waals surface area contributed by atoms with Crippen LogP contribution in [0, 0.1) is 0 Å². The van der Waals surface area contributed by atoms with E-state index >= 15 is 0 Å². The van der Waals surface area contributed by atoms with Crippen LogP contribution in [-0.4, -0.2) is 99.6 Å². The first kappa shape index (κ1) is 74.4. The van der Waals surface area contributed by atoms with Gasteiger partial charge in [0, 0.05) is 6.42 Å². The Morgan fingerprint density at radius 2 is 0.873 bits per heavy atom. The molecule has 0 aromatic heterocycles. The van der Waals surface area contributed by atoms with E-state index < -0.39 is 67.4 Å². The molecule has 11 nitrogen and oxygen atoms in total. The van der Waals surface area contributed by atoms with Gasteiger partial charge in [-0.3, -0.25) is 9.59 Å². The highest BCUT2D eigenvalue weighted by Crippen LogP contribution is 2.26. The zero-order valence-electron chi connectivity index (χ0n) is 51.0. The molecule has 0 saturated carbocycles. The zero-order chi connectivity index (χ0) is 57.5. The molecule has 1 aliphatic heterocycles. The molecule has 8 atom stereocenters. The van der Waals surface area contributed by atoms with Crippen LogP contribution >= 0.6 is 0 Å². The number of aliphatic hydroxyl groups excluding tert-OH is 5. The Morgan fingerprint density at radius 1 is 0.494 bits per heavy atom. The second kappa shape index (κ2) is 55.9. The number of carbonyl (C=O) groups is 2. The minimum Gasteiger partial charge on any atom is -0.454 e. The number of carbonyl (C=O) groups excluding carboxylic acids is 2. The fraction of sp³-hybridized carbons (Fsp3) is 0.824. The van der Waals surface area contributed by atoms with E-state index in [1.165, 1.54) is 167 Å². The summed E-state index contributed by atoms with van der Waals surface area (Å²) in [6.07, 6.45) is 59.7. The molecule has 0 aromatic carbocycles. The maximum atomic E-state index is 13.4. The van der Waals surface area contributed by atoms with Crippen molar-refractivity contribution < 1.29 is 49.3 Å². The summed E-state index contributed by atoms with van der Waals surface area (Å²) in [6, 6.07) is -1.03. The van der Waals surface area contributed by atoms with Gasteiger partial charge < -0.3 is 45.1 Å². The lowest BCUT2D eigenvalue weighted by atomic mass is 9.99. The lowest BCUT2D eigenvalue weighted by Gasteiger charge is -2.41. The Hall–Kier alpha value is -2.64. The smallest absolute Gasteiger partial charge is 0.306 e. The van der Waals surface area contributed by atoms with Gasteiger partial charge in [0.05, 0.1) is 25.4 Å². The van der Waals surface area contributed by atoms with Crippen LogP contribution in [0.25, 0.3) is 0 Å². The molecule has 0 spiro atoms. The Bertz CT molecular complexity index is 1510. The van der Waals surface area contributed by atoms with Crippen LogP contribution in [0.15, 0.2) is 60.8 Å². The molecule has 8 unspecified atom stereocenters. The highest BCUT2D eigenvalue weighted by atomic mass is 16.7. The lowest BCUT2D eigenvalue weighted by molar-refractivity contribution is -0.305. The minimum absolute atomic E-state index is 0.126. The standard InChI is InChI=1S/C68H123NO10/c1-4-7-10-13-16-19-22-24-26-27-28-29-30-31-32-33-34-36-37-40-43-46-49-52-55-61(72)67(76)69-59(60(71)54-51-48-45-42-39-21-18-15-12-9-6-3)58-77-68-66(65(75)64(74)62(57-70)78-68)79-63(73)56-53-50-47-44-41-38-35-25-23-20-17-14-11-8-5-2/h16,19,24,26,28-29,31-32,51,54,59-62,64-66,68,70-72,74-75H,4-15,17-18,20-23,25,27,30,33-50,52-53,55-58H2,1-3H3,(H,69,76)/b19-16-,26-24-,29-28-,32-31-,54-51+. The molecule has 1 amide bonds. The fourth-order valence-electron chi connectivity index (χ4n) is 10.2. The van der Waals surface area contributed by atoms with Gasteiger partial charge in [0.2, 0.25) is 5.91 Å². The van der Waals surface area contributed by atoms with Gasteiger partial charge in [0.1, 0.15) is 24.4 Å². The summed E-state index contributed by atoms with van der Waals surface area (Å²) in [7, 11) is 0. The molecule has 1 aliphatic rings. The number of allylic oxidation sites excluding steroid dienone is 9. The average molecular weight is 1110 g/mol. The van der Waals surface area contributed by atoms with Crippen LogP contribution in [-0.2, 0) is 23.8 Å². The van der Waals surface area contributed by atoms with Gasteiger partial charge in [0.15, 0.2) is 12.4 Å². The number of amides is 1. The van der Waals surface area contributed by atoms with Gasteiger partial charge >= 0.3 is 5.97 Å². The van der Waals surface area contributed by atoms with Gasteiger partial charge in [-0.05, 0) is 70.6 Å². The van der Waals surface area contributed by atoms with E-state index in [0.717, 1.165) is 83.5 Å². The number of nitrogens with one attached hydrogen (secondary N) is 1. The number of aliphatic hydroxyl groups is 5. The first-order valence-electron chi connectivity index (χ1n) is 33.1. The van der Waals surface area contributed by atoms with Crippen molar-refractivity contribution in [1.82, 2.24) is 5.32 Å². The molecular formula is C68H123NO10. The summed E-state index contributed by atoms with van der Waals surface area (Å²) in [5, 5.41) is 57.0. The van der Waals surface area contributed by atoms with Gasteiger partial charge in [-0.15, -0.1) is 0 Å². The molecule has 0 aromatic rings. The van der Waals surface area contributed by atoms with Crippen LogP contribution in [0.2, 0.25) is 0 Å².